The SMILES string of the molecule is Cc1cc(C)cc(Nc2nc(C)cc(C)c2C#N)c1. The Morgan fingerprint density at radius 2 is 1.63 bits per heavy atom. The molecule has 0 saturated carbocycles. The molecule has 0 aliphatic carbocycles. The van der Waals surface area contributed by atoms with Crippen LogP contribution in [0.1, 0.15) is 27.9 Å². The lowest BCUT2D eigenvalue weighted by atomic mass is 10.1. The molecule has 1 N–H and O–H groups in total. The fourth-order valence-electron chi connectivity index (χ4n) is 2.25. The van der Waals surface area contributed by atoms with Crippen LogP contribution in [0.15, 0.2) is 24.3 Å². The summed E-state index contributed by atoms with van der Waals surface area (Å²) >= 11 is 0. The lowest BCUT2D eigenvalue weighted by Gasteiger charge is -2.11. The van der Waals surface area contributed by atoms with E-state index in [0.29, 0.717) is 11.4 Å². The van der Waals surface area contributed by atoms with Gasteiger partial charge < -0.3 is 5.32 Å². The van der Waals surface area contributed by atoms with Gasteiger partial charge >= 0.3 is 0 Å². The highest BCUT2D eigenvalue weighted by molar-refractivity contribution is 5.65. The number of aryl methyl sites for hydroxylation is 4. The molecule has 19 heavy (non-hydrogen) atoms. The standard InChI is InChI=1S/C16H17N3/c1-10-5-11(2)7-14(6-10)19-16-15(9-17)12(3)8-13(4)18-16/h5-8H,1-4H3,(H,18,19). The Morgan fingerprint density at radius 1 is 1.00 bits per heavy atom. The third kappa shape index (κ3) is 2.92. The van der Waals surface area contributed by atoms with Gasteiger partial charge in [-0.2, -0.15) is 5.26 Å². The first kappa shape index (κ1) is 13.1. The van der Waals surface area contributed by atoms with Gasteiger partial charge in [-0.15, -0.1) is 0 Å². The molecule has 0 bridgehead atoms. The molecule has 0 amide bonds. The van der Waals surface area contributed by atoms with Crippen LogP contribution in [0.3, 0.4) is 0 Å². The molecular formula is C16H17N3. The quantitative estimate of drug-likeness (QED) is 0.879. The van der Waals surface area contributed by atoms with E-state index in [-0.39, 0.29) is 0 Å². The fraction of sp³-hybridized carbons (Fsp3) is 0.250. The molecule has 0 fully saturated rings. The molecular weight excluding hydrogens is 234 g/mol. The monoisotopic (exact) mass is 251 g/mol. The number of hydrogen-bond acceptors (Lipinski definition) is 3. The first-order valence-electron chi connectivity index (χ1n) is 6.23. The van der Waals surface area contributed by atoms with E-state index in [0.717, 1.165) is 16.9 Å². The van der Waals surface area contributed by atoms with Crippen LogP contribution in [-0.4, -0.2) is 4.98 Å². The van der Waals surface area contributed by atoms with Gasteiger partial charge in [0.2, 0.25) is 0 Å². The number of rotatable bonds is 2. The smallest absolute Gasteiger partial charge is 0.148 e. The van der Waals surface area contributed by atoms with Gasteiger partial charge in [0.15, 0.2) is 0 Å². The second kappa shape index (κ2) is 5.11. The predicted octanol–water partition coefficient (Wildman–Crippen LogP) is 3.93. The third-order valence-electron chi connectivity index (χ3n) is 2.94. The van der Waals surface area contributed by atoms with E-state index in [4.69, 9.17) is 0 Å². The van der Waals surface area contributed by atoms with Gasteiger partial charge in [0.05, 0.1) is 5.56 Å². The number of nitrogens with zero attached hydrogens (tertiary/aromatic N) is 2. The Morgan fingerprint density at radius 3 is 2.21 bits per heavy atom. The highest BCUT2D eigenvalue weighted by atomic mass is 15.0. The summed E-state index contributed by atoms with van der Waals surface area (Å²) in [5.74, 6) is 0.630. The fourth-order valence-corrected chi connectivity index (χ4v) is 2.25. The molecule has 1 aromatic carbocycles. The molecule has 0 saturated heterocycles. The van der Waals surface area contributed by atoms with Crippen molar-refractivity contribution >= 4 is 11.5 Å². The number of aromatic nitrogens is 1. The van der Waals surface area contributed by atoms with Gasteiger partial charge in [-0.25, -0.2) is 4.98 Å². The Balaban J connectivity index is 2.46. The molecule has 0 aliphatic rings. The zero-order valence-electron chi connectivity index (χ0n) is 11.7. The first-order valence-corrected chi connectivity index (χ1v) is 6.23. The average Bonchev–Trinajstić information content (AvgIpc) is 2.26. The summed E-state index contributed by atoms with van der Waals surface area (Å²) in [6.45, 7) is 7.97. The van der Waals surface area contributed by atoms with Gasteiger partial charge in [-0.3, -0.25) is 0 Å². The van der Waals surface area contributed by atoms with Crippen molar-refractivity contribution in [2.45, 2.75) is 27.7 Å². The van der Waals surface area contributed by atoms with Gasteiger partial charge in [0.25, 0.3) is 0 Å². The zero-order chi connectivity index (χ0) is 14.0. The Bertz CT molecular complexity index is 646. The van der Waals surface area contributed by atoms with Crippen LogP contribution < -0.4 is 5.32 Å². The van der Waals surface area contributed by atoms with Crippen LogP contribution in [0.4, 0.5) is 11.5 Å². The maximum atomic E-state index is 9.25. The molecule has 96 valence electrons. The maximum absolute atomic E-state index is 9.25. The van der Waals surface area contributed by atoms with Gasteiger partial charge in [0, 0.05) is 11.4 Å². The first-order chi connectivity index (χ1) is 8.99. The van der Waals surface area contributed by atoms with Crippen molar-refractivity contribution < 1.29 is 0 Å². The molecule has 0 unspecified atom stereocenters. The van der Waals surface area contributed by atoms with E-state index < -0.39 is 0 Å². The van der Waals surface area contributed by atoms with Crippen molar-refractivity contribution in [1.82, 2.24) is 4.98 Å². The lowest BCUT2D eigenvalue weighted by Crippen LogP contribution is -2.01. The van der Waals surface area contributed by atoms with E-state index in [1.165, 1.54) is 11.1 Å². The molecule has 3 nitrogen and oxygen atoms in total. The number of anilines is 2. The van der Waals surface area contributed by atoms with E-state index in [1.54, 1.807) is 0 Å². The van der Waals surface area contributed by atoms with Crippen molar-refractivity contribution in [2.75, 3.05) is 5.32 Å². The molecule has 1 heterocycles. The minimum absolute atomic E-state index is 0.602. The normalized spacial score (nSPS) is 10.1. The number of nitrogens with one attached hydrogen (secondary N) is 1. The predicted molar refractivity (Wildman–Crippen MR) is 77.6 cm³/mol. The summed E-state index contributed by atoms with van der Waals surface area (Å²) in [6, 6.07) is 10.4. The van der Waals surface area contributed by atoms with E-state index in [2.05, 4.69) is 36.3 Å². The highest BCUT2D eigenvalue weighted by Gasteiger charge is 2.09. The Labute approximate surface area is 113 Å². The molecule has 2 rings (SSSR count). The summed E-state index contributed by atoms with van der Waals surface area (Å²) in [5, 5.41) is 12.5. The van der Waals surface area contributed by atoms with Crippen molar-refractivity contribution in [3.8, 4) is 6.07 Å². The zero-order valence-corrected chi connectivity index (χ0v) is 11.7. The number of benzene rings is 1. The minimum Gasteiger partial charge on any atom is -0.339 e. The average molecular weight is 251 g/mol. The van der Waals surface area contributed by atoms with Crippen molar-refractivity contribution in [3.63, 3.8) is 0 Å². The van der Waals surface area contributed by atoms with E-state index >= 15 is 0 Å². The lowest BCUT2D eigenvalue weighted by molar-refractivity contribution is 1.16. The van der Waals surface area contributed by atoms with Gasteiger partial charge in [-0.05, 0) is 62.6 Å². The van der Waals surface area contributed by atoms with Crippen molar-refractivity contribution in [1.29, 1.82) is 5.26 Å². The summed E-state index contributed by atoms with van der Waals surface area (Å²) in [7, 11) is 0. The van der Waals surface area contributed by atoms with Crippen LogP contribution in [-0.2, 0) is 0 Å². The minimum atomic E-state index is 0.602. The van der Waals surface area contributed by atoms with Crippen LogP contribution in [0, 0.1) is 39.0 Å². The van der Waals surface area contributed by atoms with Crippen LogP contribution >= 0.6 is 0 Å². The van der Waals surface area contributed by atoms with Gasteiger partial charge in [-0.1, -0.05) is 6.07 Å². The molecule has 2 aromatic rings. The van der Waals surface area contributed by atoms with Crippen molar-refractivity contribution in [3.05, 3.63) is 52.2 Å². The number of nitriles is 1. The molecule has 0 radical (unpaired) electrons. The van der Waals surface area contributed by atoms with Crippen LogP contribution in [0.5, 0.6) is 0 Å². The molecule has 1 aromatic heterocycles. The molecule has 0 spiro atoms. The van der Waals surface area contributed by atoms with Gasteiger partial charge in [0.1, 0.15) is 11.9 Å². The maximum Gasteiger partial charge on any atom is 0.148 e. The molecule has 3 heteroatoms. The third-order valence-corrected chi connectivity index (χ3v) is 2.94. The van der Waals surface area contributed by atoms with E-state index in [9.17, 15) is 5.26 Å². The van der Waals surface area contributed by atoms with Crippen LogP contribution in [0.25, 0.3) is 0 Å². The summed E-state index contributed by atoms with van der Waals surface area (Å²) in [4.78, 5) is 4.43. The summed E-state index contributed by atoms with van der Waals surface area (Å²) in [6.07, 6.45) is 0. The second-order valence-electron chi connectivity index (χ2n) is 4.92. The number of pyridine rings is 1. The largest absolute Gasteiger partial charge is 0.339 e. The van der Waals surface area contributed by atoms with Crippen LogP contribution in [0.2, 0.25) is 0 Å². The Hall–Kier alpha value is -2.34. The Kier molecular flexibility index (Phi) is 3.52. The topological polar surface area (TPSA) is 48.7 Å². The highest BCUT2D eigenvalue weighted by Crippen LogP contribution is 2.23. The number of hydrogen-bond donors (Lipinski definition) is 1. The van der Waals surface area contributed by atoms with E-state index in [1.807, 2.05) is 32.0 Å². The molecule has 0 atom stereocenters. The summed E-state index contributed by atoms with van der Waals surface area (Å²) < 4.78 is 0. The second-order valence-corrected chi connectivity index (χ2v) is 4.92. The molecule has 0 aliphatic heterocycles. The van der Waals surface area contributed by atoms with Crippen molar-refractivity contribution in [2.24, 2.45) is 0 Å². The summed E-state index contributed by atoms with van der Waals surface area (Å²) in [5.41, 5.74) is 5.79.